The molecule has 1 heterocycles. The predicted octanol–water partition coefficient (Wildman–Crippen LogP) is 4.42. The van der Waals surface area contributed by atoms with Crippen molar-refractivity contribution in [2.75, 3.05) is 11.9 Å². The minimum absolute atomic E-state index is 0.479. The number of hydrogen-bond donors (Lipinski definition) is 2. The molecule has 34 heavy (non-hydrogen) atoms. The Morgan fingerprint density at radius 1 is 1.06 bits per heavy atom. The monoisotopic (exact) mass is 489 g/mol. The van der Waals surface area contributed by atoms with Crippen LogP contribution in [-0.2, 0) is 40.4 Å². The van der Waals surface area contributed by atoms with Crippen molar-refractivity contribution < 1.29 is 22.7 Å². The highest BCUT2D eigenvalue weighted by Gasteiger charge is 2.40. The molecular formula is C25H35N3O5S. The molecule has 1 atom stereocenters. The first-order valence-electron chi connectivity index (χ1n) is 12.1. The number of amides is 3. The number of nitrogens with one attached hydrogen (secondary N) is 2. The zero-order valence-corrected chi connectivity index (χ0v) is 21.3. The summed E-state index contributed by atoms with van der Waals surface area (Å²) in [6.45, 7) is 7.64. The number of ether oxygens (including phenoxy) is 1. The molecule has 1 unspecified atom stereocenters. The Morgan fingerprint density at radius 3 is 2.47 bits per heavy atom. The lowest BCUT2D eigenvalue weighted by Crippen LogP contribution is -2.46. The van der Waals surface area contributed by atoms with E-state index >= 15 is 0 Å². The molecule has 0 aromatic heterocycles. The molecule has 3 amide bonds. The van der Waals surface area contributed by atoms with Crippen LogP contribution >= 0.6 is 0 Å². The number of rotatable bonds is 4. The van der Waals surface area contributed by atoms with Gasteiger partial charge in [0.15, 0.2) is 0 Å². The van der Waals surface area contributed by atoms with E-state index in [9.17, 15) is 18.0 Å². The highest BCUT2D eigenvalue weighted by molar-refractivity contribution is 7.92. The van der Waals surface area contributed by atoms with Crippen molar-refractivity contribution >= 4 is 27.8 Å². The van der Waals surface area contributed by atoms with Crippen LogP contribution in [0.2, 0.25) is 0 Å². The van der Waals surface area contributed by atoms with Crippen LogP contribution in [0.1, 0.15) is 75.6 Å². The fourth-order valence-electron chi connectivity index (χ4n) is 5.34. The second kappa shape index (κ2) is 8.91. The third-order valence-corrected chi connectivity index (χ3v) is 7.84. The maximum Gasteiger partial charge on any atom is 0.410 e. The van der Waals surface area contributed by atoms with Crippen molar-refractivity contribution in [2.24, 2.45) is 0 Å². The van der Waals surface area contributed by atoms with Gasteiger partial charge in [0.2, 0.25) is 0 Å². The molecule has 9 heteroatoms. The summed E-state index contributed by atoms with van der Waals surface area (Å²) in [6.07, 6.45) is 8.48. The van der Waals surface area contributed by atoms with Crippen LogP contribution in [0.4, 0.5) is 15.3 Å². The number of carbonyl (C=O) groups is 2. The summed E-state index contributed by atoms with van der Waals surface area (Å²) in [5.41, 5.74) is 4.41. The van der Waals surface area contributed by atoms with E-state index in [0.29, 0.717) is 18.7 Å². The molecule has 1 aliphatic heterocycles. The second-order valence-electron chi connectivity index (χ2n) is 10.7. The van der Waals surface area contributed by atoms with Crippen LogP contribution in [0.5, 0.6) is 0 Å². The van der Waals surface area contributed by atoms with Gasteiger partial charge in [0.1, 0.15) is 5.60 Å². The maximum atomic E-state index is 12.7. The summed E-state index contributed by atoms with van der Waals surface area (Å²) in [6, 6.07) is 1.23. The highest BCUT2D eigenvalue weighted by atomic mass is 32.2. The molecule has 3 aliphatic rings. The van der Waals surface area contributed by atoms with Crippen molar-refractivity contribution in [2.45, 2.75) is 90.2 Å². The third kappa shape index (κ3) is 5.24. The topological polar surface area (TPSA) is 105 Å². The molecule has 1 fully saturated rings. The number of hydrogen-bond acceptors (Lipinski definition) is 5. The van der Waals surface area contributed by atoms with E-state index in [0.717, 1.165) is 55.9 Å². The molecule has 186 valence electrons. The van der Waals surface area contributed by atoms with Crippen molar-refractivity contribution in [1.29, 1.82) is 0 Å². The number of urea groups is 1. The summed E-state index contributed by atoms with van der Waals surface area (Å²) in [7, 11) is -4.06. The van der Waals surface area contributed by atoms with Crippen molar-refractivity contribution in [3.8, 4) is 0 Å². The Kier molecular flexibility index (Phi) is 6.44. The van der Waals surface area contributed by atoms with Crippen molar-refractivity contribution in [3.63, 3.8) is 0 Å². The van der Waals surface area contributed by atoms with Crippen molar-refractivity contribution in [3.05, 3.63) is 39.8 Å². The number of anilines is 1. The molecule has 1 aromatic carbocycles. The maximum absolute atomic E-state index is 12.7. The predicted molar refractivity (Wildman–Crippen MR) is 131 cm³/mol. The van der Waals surface area contributed by atoms with Gasteiger partial charge in [-0.05, 0) is 113 Å². The summed E-state index contributed by atoms with van der Waals surface area (Å²) in [4.78, 5) is 26.7. The fraction of sp³-hybridized carbons (Fsp3) is 0.600. The van der Waals surface area contributed by atoms with E-state index in [1.165, 1.54) is 27.7 Å². The Morgan fingerprint density at radius 2 is 1.74 bits per heavy atom. The molecule has 0 spiro atoms. The van der Waals surface area contributed by atoms with Crippen LogP contribution < -0.4 is 10.0 Å². The number of aryl methyl sites for hydroxylation is 1. The molecule has 0 radical (unpaired) electrons. The number of sulfonamides is 1. The summed E-state index contributed by atoms with van der Waals surface area (Å²) < 4.78 is 32.9. The first-order valence-corrected chi connectivity index (χ1v) is 13.6. The average molecular weight is 490 g/mol. The van der Waals surface area contributed by atoms with Gasteiger partial charge in [0.05, 0.1) is 5.54 Å². The van der Waals surface area contributed by atoms with Crippen LogP contribution in [0, 0.1) is 0 Å². The molecule has 0 bridgehead atoms. The van der Waals surface area contributed by atoms with Gasteiger partial charge in [0, 0.05) is 17.6 Å². The highest BCUT2D eigenvalue weighted by Crippen LogP contribution is 2.38. The second-order valence-corrected chi connectivity index (χ2v) is 12.3. The minimum Gasteiger partial charge on any atom is -0.444 e. The SMILES string of the molecule is CC(C)(C)OC(=O)N1CCCC1(C)/C=C/S(=O)(=O)NC(=O)Nc1cc2c(c3c1CCC3)CCC2. The van der Waals surface area contributed by atoms with Crippen molar-refractivity contribution in [1.82, 2.24) is 9.62 Å². The molecule has 1 aromatic rings. The van der Waals surface area contributed by atoms with E-state index in [2.05, 4.69) is 10.0 Å². The van der Waals surface area contributed by atoms with Gasteiger partial charge in [-0.1, -0.05) is 0 Å². The summed E-state index contributed by atoms with van der Waals surface area (Å²) >= 11 is 0. The molecule has 0 saturated carbocycles. The van der Waals surface area contributed by atoms with Gasteiger partial charge >= 0.3 is 12.1 Å². The summed E-state index contributed by atoms with van der Waals surface area (Å²) in [5.74, 6) is 0. The Balaban J connectivity index is 1.44. The lowest BCUT2D eigenvalue weighted by molar-refractivity contribution is 0.0169. The lowest BCUT2D eigenvalue weighted by atomic mass is 9.98. The van der Waals surface area contributed by atoms with Crippen LogP contribution in [0.15, 0.2) is 17.6 Å². The number of carbonyl (C=O) groups excluding carboxylic acids is 2. The fourth-order valence-corrected chi connectivity index (χ4v) is 6.19. The van der Waals surface area contributed by atoms with E-state index in [1.54, 1.807) is 27.7 Å². The zero-order chi connectivity index (χ0) is 24.7. The Labute approximate surface area is 202 Å². The van der Waals surface area contributed by atoms with Gasteiger partial charge in [-0.25, -0.2) is 22.7 Å². The van der Waals surface area contributed by atoms with E-state index < -0.39 is 33.3 Å². The van der Waals surface area contributed by atoms with Gasteiger partial charge < -0.3 is 10.1 Å². The first-order chi connectivity index (χ1) is 15.9. The van der Waals surface area contributed by atoms with Crippen LogP contribution in [0.3, 0.4) is 0 Å². The number of nitrogens with zero attached hydrogens (tertiary/aromatic N) is 1. The standard InChI is InChI=1S/C25H35N3O5S/c1-24(2,3)33-23(30)28-14-7-12-25(28,4)13-15-34(31,32)27-22(29)26-21-16-17-8-5-9-18(17)19-10-6-11-20(19)21/h13,15-16H,5-12,14H2,1-4H3,(H2,26,27,29)/b15-13+. The lowest BCUT2D eigenvalue weighted by Gasteiger charge is -2.34. The average Bonchev–Trinajstić information content (AvgIpc) is 3.43. The first kappa shape index (κ1) is 24.6. The van der Waals surface area contributed by atoms with E-state index in [1.807, 2.05) is 6.07 Å². The molecule has 2 aliphatic carbocycles. The molecule has 2 N–H and O–H groups in total. The van der Waals surface area contributed by atoms with Gasteiger partial charge in [0.25, 0.3) is 10.0 Å². The quantitative estimate of drug-likeness (QED) is 0.651. The normalized spacial score (nSPS) is 22.1. The number of likely N-dealkylation sites (tertiary alicyclic amines) is 1. The molecule has 4 rings (SSSR count). The van der Waals surface area contributed by atoms with E-state index in [-0.39, 0.29) is 0 Å². The number of benzene rings is 1. The smallest absolute Gasteiger partial charge is 0.410 e. The van der Waals surface area contributed by atoms with Crippen LogP contribution in [0.25, 0.3) is 0 Å². The van der Waals surface area contributed by atoms with E-state index in [4.69, 9.17) is 4.74 Å². The Bertz CT molecular complexity index is 1140. The summed E-state index contributed by atoms with van der Waals surface area (Å²) in [5, 5.41) is 3.75. The third-order valence-electron chi connectivity index (χ3n) is 6.87. The van der Waals surface area contributed by atoms with Gasteiger partial charge in [-0.2, -0.15) is 0 Å². The molecular weight excluding hydrogens is 454 g/mol. The largest absolute Gasteiger partial charge is 0.444 e. The Hall–Kier alpha value is -2.55. The number of fused-ring (bicyclic) bond motifs is 3. The minimum atomic E-state index is -4.06. The zero-order valence-electron chi connectivity index (χ0n) is 20.5. The van der Waals surface area contributed by atoms with Gasteiger partial charge in [-0.3, -0.25) is 4.90 Å². The molecule has 8 nitrogen and oxygen atoms in total. The molecule has 1 saturated heterocycles. The van der Waals surface area contributed by atoms with Crippen LogP contribution in [-0.4, -0.2) is 43.1 Å². The van der Waals surface area contributed by atoms with Gasteiger partial charge in [-0.15, -0.1) is 0 Å².